The summed E-state index contributed by atoms with van der Waals surface area (Å²) in [7, 11) is 0. The van der Waals surface area contributed by atoms with Crippen LogP contribution in [-0.2, 0) is 0 Å². The Kier molecular flexibility index (Phi) is 4.16. The monoisotopic (exact) mass is 477 g/mol. The molecule has 0 fully saturated rings. The largest absolute Gasteiger partial charge is 0.456 e. The van der Waals surface area contributed by atoms with E-state index in [9.17, 15) is 0 Å². The third-order valence-electron chi connectivity index (χ3n) is 7.02. The van der Waals surface area contributed by atoms with Crippen LogP contribution >= 0.6 is 0 Å². The van der Waals surface area contributed by atoms with E-state index in [1.807, 2.05) is 42.7 Å². The average Bonchev–Trinajstić information content (AvgIpc) is 3.52. The molecule has 4 heterocycles. The van der Waals surface area contributed by atoms with Crippen LogP contribution in [0.25, 0.3) is 54.6 Å². The first-order valence-electron chi connectivity index (χ1n) is 12.1. The van der Waals surface area contributed by atoms with Gasteiger partial charge >= 0.3 is 0 Å². The Morgan fingerprint density at radius 3 is 2.11 bits per heavy atom. The topological polar surface area (TPSA) is 55.3 Å². The number of aromatic nitrogens is 2. The summed E-state index contributed by atoms with van der Waals surface area (Å²) in [5.74, 6) is 0. The van der Waals surface area contributed by atoms with Crippen LogP contribution in [0, 0.1) is 0 Å². The number of hydrogen-bond acceptors (Lipinski definition) is 5. The molecule has 174 valence electrons. The van der Waals surface area contributed by atoms with Crippen LogP contribution in [0.15, 0.2) is 125 Å². The third kappa shape index (κ3) is 3.04. The first kappa shape index (κ1) is 20.1. The molecule has 0 atom stereocenters. The molecule has 37 heavy (non-hydrogen) atoms. The maximum atomic E-state index is 6.21. The van der Waals surface area contributed by atoms with E-state index in [1.54, 1.807) is 12.4 Å². The predicted octanol–water partition coefficient (Wildman–Crippen LogP) is 8.90. The fourth-order valence-corrected chi connectivity index (χ4v) is 5.33. The third-order valence-corrected chi connectivity index (χ3v) is 7.02. The average molecular weight is 478 g/mol. The van der Waals surface area contributed by atoms with Gasteiger partial charge in [0.1, 0.15) is 22.3 Å². The van der Waals surface area contributed by atoms with Gasteiger partial charge in [0.2, 0.25) is 0 Å². The summed E-state index contributed by atoms with van der Waals surface area (Å²) < 4.78 is 12.3. The Bertz CT molecular complexity index is 2120. The summed E-state index contributed by atoms with van der Waals surface area (Å²) in [6.07, 6.45) is 7.26. The van der Waals surface area contributed by atoms with Crippen molar-refractivity contribution in [2.24, 2.45) is 0 Å². The number of nitrogens with zero attached hydrogens (tertiary/aromatic N) is 3. The minimum Gasteiger partial charge on any atom is -0.456 e. The zero-order chi connectivity index (χ0) is 24.3. The predicted molar refractivity (Wildman–Crippen MR) is 149 cm³/mol. The Balaban J connectivity index is 1.45. The van der Waals surface area contributed by atoms with Gasteiger partial charge < -0.3 is 13.7 Å². The maximum Gasteiger partial charge on any atom is 0.138 e. The zero-order valence-electron chi connectivity index (χ0n) is 19.6. The van der Waals surface area contributed by atoms with Crippen LogP contribution in [0.5, 0.6) is 0 Å². The normalized spacial score (nSPS) is 11.8. The van der Waals surface area contributed by atoms with E-state index in [4.69, 9.17) is 8.83 Å². The highest BCUT2D eigenvalue weighted by Crippen LogP contribution is 2.44. The van der Waals surface area contributed by atoms with Crippen molar-refractivity contribution in [1.29, 1.82) is 0 Å². The fraction of sp³-hybridized carbons (Fsp3) is 0. The molecule has 0 aliphatic rings. The van der Waals surface area contributed by atoms with Crippen LogP contribution in [0.3, 0.4) is 0 Å². The lowest BCUT2D eigenvalue weighted by Gasteiger charge is -2.26. The molecule has 0 spiro atoms. The van der Waals surface area contributed by atoms with Gasteiger partial charge in [-0.2, -0.15) is 0 Å². The van der Waals surface area contributed by atoms with Crippen LogP contribution < -0.4 is 4.90 Å². The SMILES string of the molecule is c1ccc2cc(N(c3ccc4oc5ccncc5c4c3)c3cccc4oc5ccncc5c34)ccc2c1. The van der Waals surface area contributed by atoms with Crippen molar-refractivity contribution < 1.29 is 8.83 Å². The number of pyridine rings is 2. The molecule has 0 saturated heterocycles. The molecule has 0 bridgehead atoms. The van der Waals surface area contributed by atoms with Gasteiger partial charge in [0, 0.05) is 52.3 Å². The minimum atomic E-state index is 0.818. The van der Waals surface area contributed by atoms with Crippen molar-refractivity contribution >= 4 is 71.7 Å². The van der Waals surface area contributed by atoms with Crippen LogP contribution in [0.2, 0.25) is 0 Å². The van der Waals surface area contributed by atoms with Crippen LogP contribution in [-0.4, -0.2) is 9.97 Å². The number of hydrogen-bond donors (Lipinski definition) is 0. The highest BCUT2D eigenvalue weighted by atomic mass is 16.3. The lowest BCUT2D eigenvalue weighted by atomic mass is 10.1. The summed E-state index contributed by atoms with van der Waals surface area (Å²) in [4.78, 5) is 11.0. The van der Waals surface area contributed by atoms with Gasteiger partial charge in [0.05, 0.1) is 11.1 Å². The van der Waals surface area contributed by atoms with E-state index in [0.29, 0.717) is 0 Å². The van der Waals surface area contributed by atoms with E-state index in [-0.39, 0.29) is 0 Å². The van der Waals surface area contributed by atoms with Crippen LogP contribution in [0.4, 0.5) is 17.1 Å². The van der Waals surface area contributed by atoms with E-state index in [1.165, 1.54) is 10.8 Å². The second-order valence-electron chi connectivity index (χ2n) is 9.15. The zero-order valence-corrected chi connectivity index (χ0v) is 19.6. The van der Waals surface area contributed by atoms with E-state index in [0.717, 1.165) is 60.9 Å². The summed E-state index contributed by atoms with van der Waals surface area (Å²) >= 11 is 0. The summed E-state index contributed by atoms with van der Waals surface area (Å²) in [6.45, 7) is 0. The molecular formula is C32H19N3O2. The van der Waals surface area contributed by atoms with E-state index in [2.05, 4.69) is 75.5 Å². The molecule has 4 aromatic carbocycles. The second-order valence-corrected chi connectivity index (χ2v) is 9.15. The van der Waals surface area contributed by atoms with Gasteiger partial charge in [-0.05, 0) is 65.4 Å². The van der Waals surface area contributed by atoms with E-state index < -0.39 is 0 Å². The lowest BCUT2D eigenvalue weighted by Crippen LogP contribution is -2.10. The molecule has 0 N–H and O–H groups in total. The highest BCUT2D eigenvalue weighted by molar-refractivity contribution is 6.14. The van der Waals surface area contributed by atoms with Crippen molar-refractivity contribution in [2.45, 2.75) is 0 Å². The van der Waals surface area contributed by atoms with Crippen molar-refractivity contribution in [1.82, 2.24) is 9.97 Å². The standard InChI is InChI=1S/C32H19N3O2/c1-2-5-21-16-22(9-8-20(21)4-1)35(23-10-11-28-24(17-23)25-18-33-14-12-29(25)36-28)27-6-3-7-31-32(27)26-19-34-15-13-30(26)37-31/h1-19H. The van der Waals surface area contributed by atoms with Crippen molar-refractivity contribution in [3.63, 3.8) is 0 Å². The van der Waals surface area contributed by atoms with Crippen molar-refractivity contribution in [3.05, 3.63) is 116 Å². The molecule has 8 rings (SSSR count). The van der Waals surface area contributed by atoms with Gasteiger partial charge in [-0.25, -0.2) is 0 Å². The molecule has 0 saturated carbocycles. The molecule has 8 aromatic rings. The Morgan fingerprint density at radius 2 is 1.22 bits per heavy atom. The molecule has 0 amide bonds. The van der Waals surface area contributed by atoms with Gasteiger partial charge in [0.25, 0.3) is 0 Å². The molecule has 5 nitrogen and oxygen atoms in total. The van der Waals surface area contributed by atoms with Crippen LogP contribution in [0.1, 0.15) is 0 Å². The summed E-state index contributed by atoms with van der Waals surface area (Å²) in [5, 5.41) is 6.40. The van der Waals surface area contributed by atoms with E-state index >= 15 is 0 Å². The Hall–Kier alpha value is -5.16. The van der Waals surface area contributed by atoms with Gasteiger partial charge in [-0.1, -0.05) is 36.4 Å². The Morgan fingerprint density at radius 1 is 0.514 bits per heavy atom. The first-order chi connectivity index (χ1) is 18.3. The van der Waals surface area contributed by atoms with Gasteiger partial charge in [-0.15, -0.1) is 0 Å². The van der Waals surface area contributed by atoms with Crippen molar-refractivity contribution in [3.8, 4) is 0 Å². The summed E-state index contributed by atoms with van der Waals surface area (Å²) in [5.41, 5.74) is 6.39. The molecular weight excluding hydrogens is 458 g/mol. The number of furan rings is 2. The maximum absolute atomic E-state index is 6.21. The molecule has 0 aliphatic heterocycles. The van der Waals surface area contributed by atoms with Gasteiger partial charge in [-0.3, -0.25) is 9.97 Å². The highest BCUT2D eigenvalue weighted by Gasteiger charge is 2.20. The smallest absolute Gasteiger partial charge is 0.138 e. The number of benzene rings is 4. The number of fused-ring (bicyclic) bond motifs is 7. The van der Waals surface area contributed by atoms with Gasteiger partial charge in [0.15, 0.2) is 0 Å². The molecule has 5 heteroatoms. The second kappa shape index (κ2) is 7.67. The molecule has 0 unspecified atom stereocenters. The minimum absolute atomic E-state index is 0.818. The quantitative estimate of drug-likeness (QED) is 0.254. The summed E-state index contributed by atoms with van der Waals surface area (Å²) in [6, 6.07) is 31.3. The number of rotatable bonds is 3. The van der Waals surface area contributed by atoms with Crippen molar-refractivity contribution in [2.75, 3.05) is 4.90 Å². The first-order valence-corrected chi connectivity index (χ1v) is 12.1. The molecule has 4 aromatic heterocycles. The molecule has 0 aliphatic carbocycles. The molecule has 0 radical (unpaired) electrons. The Labute approximate surface area is 211 Å². The fourth-order valence-electron chi connectivity index (χ4n) is 5.33. The lowest BCUT2D eigenvalue weighted by molar-refractivity contribution is 0.668. The number of anilines is 3.